The predicted molar refractivity (Wildman–Crippen MR) is 68.8 cm³/mol. The maximum Gasteiger partial charge on any atom is 0.165 e. The highest BCUT2D eigenvalue weighted by Crippen LogP contribution is 2.34. The van der Waals surface area contributed by atoms with E-state index in [-0.39, 0.29) is 11.8 Å². The number of nitriles is 1. The first-order valence-electron chi connectivity index (χ1n) is 5.97. The summed E-state index contributed by atoms with van der Waals surface area (Å²) in [6, 6.07) is 6.82. The smallest absolute Gasteiger partial charge is 0.165 e. The van der Waals surface area contributed by atoms with Crippen LogP contribution in [-0.4, -0.2) is 13.7 Å². The van der Waals surface area contributed by atoms with E-state index in [1.165, 1.54) is 6.07 Å². The van der Waals surface area contributed by atoms with Crippen molar-refractivity contribution in [2.45, 2.75) is 26.8 Å². The van der Waals surface area contributed by atoms with Crippen LogP contribution in [0, 0.1) is 22.6 Å². The Bertz CT molecular complexity index is 452. The maximum absolute atomic E-state index is 13.8. The number of ether oxygens (including phenoxy) is 1. The minimum atomic E-state index is -0.617. The van der Waals surface area contributed by atoms with Crippen LogP contribution in [0.4, 0.5) is 4.39 Å². The van der Waals surface area contributed by atoms with Gasteiger partial charge in [0.1, 0.15) is 0 Å². The van der Waals surface area contributed by atoms with Gasteiger partial charge < -0.3 is 10.1 Å². The molecule has 0 radical (unpaired) electrons. The van der Waals surface area contributed by atoms with Crippen molar-refractivity contribution in [3.63, 3.8) is 0 Å². The Kier molecular flexibility index (Phi) is 4.69. The zero-order chi connectivity index (χ0) is 13.8. The molecule has 1 N–H and O–H groups in total. The van der Waals surface area contributed by atoms with E-state index in [0.717, 1.165) is 5.56 Å². The fraction of sp³-hybridized carbons (Fsp3) is 0.500. The molecule has 3 nitrogen and oxygen atoms in total. The van der Waals surface area contributed by atoms with Gasteiger partial charge in [-0.2, -0.15) is 5.26 Å². The quantitative estimate of drug-likeness (QED) is 0.873. The van der Waals surface area contributed by atoms with Gasteiger partial charge in [-0.1, -0.05) is 6.07 Å². The van der Waals surface area contributed by atoms with E-state index in [9.17, 15) is 4.39 Å². The lowest BCUT2D eigenvalue weighted by molar-refractivity contribution is 0.317. The number of nitrogens with zero attached hydrogens (tertiary/aromatic N) is 1. The van der Waals surface area contributed by atoms with Gasteiger partial charge in [-0.15, -0.1) is 0 Å². The van der Waals surface area contributed by atoms with Gasteiger partial charge in [0.25, 0.3) is 0 Å². The van der Waals surface area contributed by atoms with Crippen LogP contribution in [-0.2, 0) is 0 Å². The van der Waals surface area contributed by atoms with Crippen molar-refractivity contribution in [1.82, 2.24) is 5.32 Å². The van der Waals surface area contributed by atoms with Gasteiger partial charge in [0.05, 0.1) is 24.1 Å². The minimum absolute atomic E-state index is 0.229. The fourth-order valence-corrected chi connectivity index (χ4v) is 1.98. The normalized spacial score (nSPS) is 12.9. The molecule has 0 saturated heterocycles. The Morgan fingerprint density at radius 2 is 2.17 bits per heavy atom. The van der Waals surface area contributed by atoms with Crippen molar-refractivity contribution in [3.8, 4) is 11.8 Å². The third-order valence-corrected chi connectivity index (χ3v) is 2.89. The first-order chi connectivity index (χ1) is 8.46. The molecule has 18 heavy (non-hydrogen) atoms. The lowest BCUT2D eigenvalue weighted by Crippen LogP contribution is -2.30. The van der Waals surface area contributed by atoms with Crippen molar-refractivity contribution in [1.29, 1.82) is 5.26 Å². The summed E-state index contributed by atoms with van der Waals surface area (Å²) in [4.78, 5) is 0. The molecule has 4 heteroatoms. The highest BCUT2D eigenvalue weighted by atomic mass is 19.1. The van der Waals surface area contributed by atoms with E-state index < -0.39 is 11.2 Å². The van der Waals surface area contributed by atoms with Crippen molar-refractivity contribution in [3.05, 3.63) is 29.6 Å². The monoisotopic (exact) mass is 250 g/mol. The third-order valence-electron chi connectivity index (χ3n) is 2.89. The summed E-state index contributed by atoms with van der Waals surface area (Å²) in [5.74, 6) is -0.158. The third kappa shape index (κ3) is 2.99. The average molecular weight is 250 g/mol. The molecule has 0 aliphatic rings. The van der Waals surface area contributed by atoms with Crippen LogP contribution in [0.5, 0.6) is 5.75 Å². The van der Waals surface area contributed by atoms with Crippen LogP contribution in [0.1, 0.15) is 32.4 Å². The average Bonchev–Trinajstić information content (AvgIpc) is 2.33. The zero-order valence-electron chi connectivity index (χ0n) is 11.2. The van der Waals surface area contributed by atoms with Crippen LogP contribution in [0.2, 0.25) is 0 Å². The number of benzene rings is 1. The van der Waals surface area contributed by atoms with Gasteiger partial charge in [-0.25, -0.2) is 4.39 Å². The molecule has 1 aromatic carbocycles. The molecule has 1 unspecified atom stereocenters. The molecular weight excluding hydrogens is 231 g/mol. The van der Waals surface area contributed by atoms with Gasteiger partial charge in [0.2, 0.25) is 0 Å². The van der Waals surface area contributed by atoms with Crippen LogP contribution in [0.25, 0.3) is 0 Å². The van der Waals surface area contributed by atoms with Crippen LogP contribution < -0.4 is 10.1 Å². The number of hydrogen-bond acceptors (Lipinski definition) is 3. The Morgan fingerprint density at radius 3 is 2.61 bits per heavy atom. The van der Waals surface area contributed by atoms with Crippen molar-refractivity contribution >= 4 is 0 Å². The van der Waals surface area contributed by atoms with Gasteiger partial charge in [-0.3, -0.25) is 0 Å². The molecule has 1 rings (SSSR count). The molecule has 1 aromatic rings. The predicted octanol–water partition coefficient (Wildman–Crippen LogP) is 3.03. The molecule has 0 saturated carbocycles. The van der Waals surface area contributed by atoms with Gasteiger partial charge in [0, 0.05) is 0 Å². The van der Waals surface area contributed by atoms with Gasteiger partial charge in [-0.05, 0) is 45.5 Å². The van der Waals surface area contributed by atoms with Crippen LogP contribution >= 0.6 is 0 Å². The summed E-state index contributed by atoms with van der Waals surface area (Å²) >= 11 is 0. The Morgan fingerprint density at radius 1 is 1.50 bits per heavy atom. The lowest BCUT2D eigenvalue weighted by Gasteiger charge is -2.28. The number of halogens is 1. The van der Waals surface area contributed by atoms with E-state index in [1.54, 1.807) is 19.2 Å². The van der Waals surface area contributed by atoms with E-state index in [0.29, 0.717) is 6.61 Å². The van der Waals surface area contributed by atoms with Gasteiger partial charge >= 0.3 is 0 Å². The van der Waals surface area contributed by atoms with E-state index >= 15 is 0 Å². The second-order valence-electron chi connectivity index (χ2n) is 4.68. The maximum atomic E-state index is 13.8. The summed E-state index contributed by atoms with van der Waals surface area (Å²) in [7, 11) is 1.76. The molecule has 98 valence electrons. The van der Waals surface area contributed by atoms with Crippen LogP contribution in [0.3, 0.4) is 0 Å². The summed E-state index contributed by atoms with van der Waals surface area (Å²) in [5.41, 5.74) is 0.124. The van der Waals surface area contributed by atoms with Crippen molar-refractivity contribution in [2.75, 3.05) is 13.7 Å². The van der Waals surface area contributed by atoms with Crippen molar-refractivity contribution < 1.29 is 9.13 Å². The Labute approximate surface area is 108 Å². The standard InChI is InChI=1S/C14H19FN2O/c1-5-18-12-7-6-10(8-11(12)15)13(17-4)14(2,3)9-16/h6-8,13,17H,5H2,1-4H3. The molecule has 0 aliphatic carbocycles. The fourth-order valence-electron chi connectivity index (χ4n) is 1.98. The van der Waals surface area contributed by atoms with E-state index in [2.05, 4.69) is 11.4 Å². The highest BCUT2D eigenvalue weighted by molar-refractivity contribution is 5.32. The molecule has 0 aliphatic heterocycles. The molecule has 0 spiro atoms. The summed E-state index contributed by atoms with van der Waals surface area (Å²) in [6.07, 6.45) is 0. The summed E-state index contributed by atoms with van der Waals surface area (Å²) in [5, 5.41) is 12.2. The SMILES string of the molecule is CCOc1ccc(C(NC)C(C)(C)C#N)cc1F. The Hall–Kier alpha value is -1.60. The zero-order valence-corrected chi connectivity index (χ0v) is 11.2. The highest BCUT2D eigenvalue weighted by Gasteiger charge is 2.30. The number of rotatable bonds is 5. The second-order valence-corrected chi connectivity index (χ2v) is 4.68. The molecular formula is C14H19FN2O. The van der Waals surface area contributed by atoms with Crippen LogP contribution in [0.15, 0.2) is 18.2 Å². The van der Waals surface area contributed by atoms with E-state index in [4.69, 9.17) is 10.00 Å². The lowest BCUT2D eigenvalue weighted by atomic mass is 9.82. The van der Waals surface area contributed by atoms with E-state index in [1.807, 2.05) is 20.8 Å². The Balaban J connectivity index is 3.10. The first-order valence-corrected chi connectivity index (χ1v) is 5.97. The molecule has 0 heterocycles. The number of nitrogens with one attached hydrogen (secondary N) is 1. The second kappa shape index (κ2) is 5.83. The summed E-state index contributed by atoms with van der Waals surface area (Å²) < 4.78 is 18.9. The van der Waals surface area contributed by atoms with Gasteiger partial charge in [0.15, 0.2) is 11.6 Å². The summed E-state index contributed by atoms with van der Waals surface area (Å²) in [6.45, 7) is 5.88. The molecule has 0 fully saturated rings. The number of hydrogen-bond donors (Lipinski definition) is 1. The minimum Gasteiger partial charge on any atom is -0.491 e. The molecule has 1 atom stereocenters. The molecule has 0 aromatic heterocycles. The van der Waals surface area contributed by atoms with Crippen molar-refractivity contribution in [2.24, 2.45) is 5.41 Å². The molecule has 0 amide bonds. The largest absolute Gasteiger partial charge is 0.491 e. The molecule has 0 bridgehead atoms. The first kappa shape index (κ1) is 14.5. The topological polar surface area (TPSA) is 45.0 Å².